The highest BCUT2D eigenvalue weighted by molar-refractivity contribution is 6.03. The average Bonchev–Trinajstić information content (AvgIpc) is 2.18. The van der Waals surface area contributed by atoms with Crippen molar-refractivity contribution >= 4 is 11.8 Å². The van der Waals surface area contributed by atoms with Crippen LogP contribution in [0.2, 0.25) is 0 Å². The summed E-state index contributed by atoms with van der Waals surface area (Å²) in [5, 5.41) is 8.79. The molecule has 4 nitrogen and oxygen atoms in total. The minimum absolute atomic E-state index is 0.0126. The number of carboxylic acids is 1. The quantitative estimate of drug-likeness (QED) is 0.762. The van der Waals surface area contributed by atoms with Crippen LogP contribution in [-0.2, 0) is 0 Å². The lowest BCUT2D eigenvalue weighted by Gasteiger charge is -2.17. The second kappa shape index (κ2) is 3.34. The Morgan fingerprint density at radius 3 is 2.87 bits per heavy atom. The van der Waals surface area contributed by atoms with Crippen molar-refractivity contribution in [2.75, 3.05) is 6.61 Å². The van der Waals surface area contributed by atoms with Crippen LogP contribution in [0.15, 0.2) is 12.1 Å². The second-order valence-electron chi connectivity index (χ2n) is 3.16. The van der Waals surface area contributed by atoms with Crippen LogP contribution in [0.5, 0.6) is 5.75 Å². The molecule has 0 unspecified atom stereocenters. The molecular weight excluding hydrogens is 203 g/mol. The molecule has 0 atom stereocenters. The molecule has 0 saturated carbocycles. The van der Waals surface area contributed by atoms with Crippen LogP contribution in [-0.4, -0.2) is 23.5 Å². The monoisotopic (exact) mass is 210 g/mol. The number of Topliss-reactive ketones (excluding diaryl/α,β-unsaturated/α-hetero) is 1. The van der Waals surface area contributed by atoms with Gasteiger partial charge in [-0.15, -0.1) is 0 Å². The molecule has 1 heterocycles. The number of ketones is 1. The van der Waals surface area contributed by atoms with Crippen molar-refractivity contribution in [2.24, 2.45) is 0 Å². The summed E-state index contributed by atoms with van der Waals surface area (Å²) in [5.74, 6) is -2.37. The van der Waals surface area contributed by atoms with Crippen molar-refractivity contribution < 1.29 is 23.8 Å². The number of carboxylic acid groups (broad SMARTS) is 1. The van der Waals surface area contributed by atoms with Gasteiger partial charge in [-0.2, -0.15) is 0 Å². The Balaban J connectivity index is 2.67. The first kappa shape index (κ1) is 9.64. The van der Waals surface area contributed by atoms with Gasteiger partial charge in [-0.1, -0.05) is 0 Å². The highest BCUT2D eigenvalue weighted by Crippen LogP contribution is 2.30. The van der Waals surface area contributed by atoms with Crippen molar-refractivity contribution in [3.05, 3.63) is 29.1 Å². The van der Waals surface area contributed by atoms with E-state index in [-0.39, 0.29) is 35.7 Å². The van der Waals surface area contributed by atoms with Gasteiger partial charge in [-0.05, 0) is 12.1 Å². The Hall–Kier alpha value is -1.91. The summed E-state index contributed by atoms with van der Waals surface area (Å²) in [6.45, 7) is 0.137. The van der Waals surface area contributed by atoms with Gasteiger partial charge < -0.3 is 9.84 Å². The molecule has 5 heteroatoms. The maximum Gasteiger partial charge on any atom is 0.339 e. The van der Waals surface area contributed by atoms with Crippen molar-refractivity contribution in [2.45, 2.75) is 6.42 Å². The topological polar surface area (TPSA) is 63.6 Å². The predicted molar refractivity (Wildman–Crippen MR) is 47.8 cm³/mol. The smallest absolute Gasteiger partial charge is 0.339 e. The van der Waals surface area contributed by atoms with Gasteiger partial charge >= 0.3 is 5.97 Å². The summed E-state index contributed by atoms with van der Waals surface area (Å²) in [5.41, 5.74) is -0.295. The Morgan fingerprint density at radius 2 is 2.20 bits per heavy atom. The fraction of sp³-hybridized carbons (Fsp3) is 0.200. The highest BCUT2D eigenvalue weighted by Gasteiger charge is 2.25. The molecule has 0 aromatic heterocycles. The van der Waals surface area contributed by atoms with Crippen molar-refractivity contribution in [3.63, 3.8) is 0 Å². The summed E-state index contributed by atoms with van der Waals surface area (Å²) >= 11 is 0. The molecule has 0 fully saturated rings. The second-order valence-corrected chi connectivity index (χ2v) is 3.16. The number of benzene rings is 1. The van der Waals surface area contributed by atoms with E-state index in [1.807, 2.05) is 0 Å². The first-order valence-corrected chi connectivity index (χ1v) is 4.32. The molecule has 0 radical (unpaired) electrons. The Bertz CT molecular complexity index is 436. The van der Waals surface area contributed by atoms with Crippen LogP contribution in [0.25, 0.3) is 0 Å². The van der Waals surface area contributed by atoms with E-state index >= 15 is 0 Å². The maximum atomic E-state index is 13.0. The molecule has 2 rings (SSSR count). The number of aromatic carboxylic acids is 1. The number of fused-ring (bicyclic) bond motifs is 1. The summed E-state index contributed by atoms with van der Waals surface area (Å²) in [6.07, 6.45) is 0.148. The molecule has 0 amide bonds. The van der Waals surface area contributed by atoms with Crippen LogP contribution < -0.4 is 4.74 Å². The summed E-state index contributed by atoms with van der Waals surface area (Å²) in [6, 6.07) is 1.85. The van der Waals surface area contributed by atoms with Gasteiger partial charge in [0.15, 0.2) is 5.78 Å². The maximum absolute atomic E-state index is 13.0. The standard InChI is InChI=1S/C10H7FO4/c11-5-3-6-8(12)1-2-15-9(6)7(4-5)10(13)14/h3-4H,1-2H2,(H,13,14). The molecule has 78 valence electrons. The van der Waals surface area contributed by atoms with Crippen molar-refractivity contribution in [1.29, 1.82) is 0 Å². The Morgan fingerprint density at radius 1 is 1.47 bits per heavy atom. The van der Waals surface area contributed by atoms with Gasteiger partial charge in [0.1, 0.15) is 17.1 Å². The minimum atomic E-state index is -1.31. The lowest BCUT2D eigenvalue weighted by molar-refractivity contribution is 0.0690. The third-order valence-electron chi connectivity index (χ3n) is 2.16. The van der Waals surface area contributed by atoms with Crippen LogP contribution >= 0.6 is 0 Å². The fourth-order valence-electron chi connectivity index (χ4n) is 1.50. The molecular formula is C10H7FO4. The van der Waals surface area contributed by atoms with Gasteiger partial charge in [0.25, 0.3) is 0 Å². The molecule has 0 aliphatic carbocycles. The van der Waals surface area contributed by atoms with Gasteiger partial charge in [-0.25, -0.2) is 9.18 Å². The third-order valence-corrected chi connectivity index (χ3v) is 2.16. The molecule has 1 N–H and O–H groups in total. The SMILES string of the molecule is O=C(O)c1cc(F)cc2c1OCCC2=O. The number of hydrogen-bond acceptors (Lipinski definition) is 3. The largest absolute Gasteiger partial charge is 0.491 e. The van der Waals surface area contributed by atoms with Crippen molar-refractivity contribution in [3.8, 4) is 5.75 Å². The molecule has 15 heavy (non-hydrogen) atoms. The van der Waals surface area contributed by atoms with E-state index in [0.717, 1.165) is 12.1 Å². The number of carbonyl (C=O) groups is 2. The van der Waals surface area contributed by atoms with Crippen LogP contribution in [0.1, 0.15) is 27.1 Å². The first-order valence-electron chi connectivity index (χ1n) is 4.32. The number of carbonyl (C=O) groups excluding carboxylic acids is 1. The molecule has 1 aliphatic rings. The van der Waals surface area contributed by atoms with Gasteiger partial charge in [0.05, 0.1) is 12.2 Å². The lowest BCUT2D eigenvalue weighted by Crippen LogP contribution is -2.18. The van der Waals surface area contributed by atoms with Crippen LogP contribution in [0, 0.1) is 5.82 Å². The van der Waals surface area contributed by atoms with E-state index in [9.17, 15) is 14.0 Å². The van der Waals surface area contributed by atoms with E-state index in [4.69, 9.17) is 9.84 Å². The average molecular weight is 210 g/mol. The Labute approximate surface area is 84.3 Å². The summed E-state index contributed by atoms with van der Waals surface area (Å²) in [7, 11) is 0. The van der Waals surface area contributed by atoms with Gasteiger partial charge in [-0.3, -0.25) is 4.79 Å². The minimum Gasteiger partial charge on any atom is -0.491 e. The molecule has 0 bridgehead atoms. The number of hydrogen-bond donors (Lipinski definition) is 1. The first-order chi connectivity index (χ1) is 7.09. The van der Waals surface area contributed by atoms with E-state index in [1.165, 1.54) is 0 Å². The Kier molecular flexibility index (Phi) is 2.15. The third kappa shape index (κ3) is 1.56. The predicted octanol–water partition coefficient (Wildman–Crippen LogP) is 1.49. The van der Waals surface area contributed by atoms with E-state index < -0.39 is 11.8 Å². The molecule has 1 aromatic rings. The molecule has 1 aliphatic heterocycles. The van der Waals surface area contributed by atoms with E-state index in [0.29, 0.717) is 0 Å². The number of halogens is 1. The van der Waals surface area contributed by atoms with E-state index in [1.54, 1.807) is 0 Å². The highest BCUT2D eigenvalue weighted by atomic mass is 19.1. The van der Waals surface area contributed by atoms with E-state index in [2.05, 4.69) is 0 Å². The molecule has 1 aromatic carbocycles. The zero-order chi connectivity index (χ0) is 11.0. The normalized spacial score (nSPS) is 14.3. The number of rotatable bonds is 1. The summed E-state index contributed by atoms with van der Waals surface area (Å²) < 4.78 is 18.1. The molecule has 0 spiro atoms. The zero-order valence-electron chi connectivity index (χ0n) is 7.62. The van der Waals surface area contributed by atoms with Crippen molar-refractivity contribution in [1.82, 2.24) is 0 Å². The van der Waals surface area contributed by atoms with Gasteiger partial charge in [0, 0.05) is 6.42 Å². The zero-order valence-corrected chi connectivity index (χ0v) is 7.62. The number of ether oxygens (including phenoxy) is 1. The lowest BCUT2D eigenvalue weighted by atomic mass is 10.0. The van der Waals surface area contributed by atoms with Crippen LogP contribution in [0.3, 0.4) is 0 Å². The van der Waals surface area contributed by atoms with Gasteiger partial charge in [0.2, 0.25) is 0 Å². The summed E-state index contributed by atoms with van der Waals surface area (Å²) in [4.78, 5) is 22.1. The van der Waals surface area contributed by atoms with Crippen LogP contribution in [0.4, 0.5) is 4.39 Å². The fourth-order valence-corrected chi connectivity index (χ4v) is 1.50. The molecule has 0 saturated heterocycles.